The summed E-state index contributed by atoms with van der Waals surface area (Å²) >= 11 is 0. The summed E-state index contributed by atoms with van der Waals surface area (Å²) in [7, 11) is 0. The van der Waals surface area contributed by atoms with Crippen molar-refractivity contribution in [1.29, 1.82) is 0 Å². The third kappa shape index (κ3) is 1.29. The van der Waals surface area contributed by atoms with Crippen molar-refractivity contribution in [2.24, 2.45) is 0 Å². The number of carbonyl (C=O) groups is 1. The standard InChI is InChI=1S/C9H9F2NO2/c10-9(11)3-1-2-6-5(9)4-7(12-6)8(13)14/h4,12H,1-3H2,(H,13,14). The summed E-state index contributed by atoms with van der Waals surface area (Å²) < 4.78 is 26.5. The molecule has 0 saturated carbocycles. The first-order valence-electron chi connectivity index (χ1n) is 4.34. The van der Waals surface area contributed by atoms with Gasteiger partial charge in [-0.15, -0.1) is 0 Å². The van der Waals surface area contributed by atoms with Crippen molar-refractivity contribution in [1.82, 2.24) is 4.98 Å². The van der Waals surface area contributed by atoms with Gasteiger partial charge in [-0.2, -0.15) is 0 Å². The molecule has 0 spiro atoms. The van der Waals surface area contributed by atoms with Crippen LogP contribution < -0.4 is 0 Å². The second-order valence-electron chi connectivity index (χ2n) is 3.44. The van der Waals surface area contributed by atoms with E-state index in [9.17, 15) is 13.6 Å². The van der Waals surface area contributed by atoms with Crippen molar-refractivity contribution in [3.05, 3.63) is 23.0 Å². The number of carboxylic acids is 1. The summed E-state index contributed by atoms with van der Waals surface area (Å²) in [5.41, 5.74) is 0.0522. The molecule has 1 aromatic rings. The molecule has 3 nitrogen and oxygen atoms in total. The van der Waals surface area contributed by atoms with Crippen LogP contribution in [0.5, 0.6) is 0 Å². The van der Waals surface area contributed by atoms with E-state index in [0.717, 1.165) is 6.07 Å². The summed E-state index contributed by atoms with van der Waals surface area (Å²) in [6.45, 7) is 0. The molecule has 1 aliphatic carbocycles. The molecule has 0 atom stereocenters. The van der Waals surface area contributed by atoms with E-state index in [1.165, 1.54) is 0 Å². The van der Waals surface area contributed by atoms with Crippen LogP contribution in [0, 0.1) is 0 Å². The van der Waals surface area contributed by atoms with Crippen molar-refractivity contribution >= 4 is 5.97 Å². The monoisotopic (exact) mass is 201 g/mol. The number of hydrogen-bond donors (Lipinski definition) is 2. The van der Waals surface area contributed by atoms with Crippen LogP contribution in [0.2, 0.25) is 0 Å². The molecule has 1 aromatic heterocycles. The lowest BCUT2D eigenvalue weighted by atomic mass is 9.94. The Bertz CT molecular complexity index is 384. The van der Waals surface area contributed by atoms with Gasteiger partial charge in [-0.25, -0.2) is 13.6 Å². The normalized spacial score (nSPS) is 19.0. The van der Waals surface area contributed by atoms with Crippen LogP contribution in [0.3, 0.4) is 0 Å². The molecule has 0 aromatic carbocycles. The van der Waals surface area contributed by atoms with Gasteiger partial charge in [0.15, 0.2) is 0 Å². The highest BCUT2D eigenvalue weighted by Crippen LogP contribution is 2.40. The van der Waals surface area contributed by atoms with Gasteiger partial charge >= 0.3 is 5.97 Å². The number of carboxylic acid groups (broad SMARTS) is 1. The number of fused-ring (bicyclic) bond motifs is 1. The van der Waals surface area contributed by atoms with Gasteiger partial charge in [-0.05, 0) is 18.9 Å². The van der Waals surface area contributed by atoms with Gasteiger partial charge < -0.3 is 10.1 Å². The van der Waals surface area contributed by atoms with Gasteiger partial charge in [0.1, 0.15) is 5.69 Å². The molecule has 14 heavy (non-hydrogen) atoms. The van der Waals surface area contributed by atoms with E-state index in [-0.39, 0.29) is 17.7 Å². The first kappa shape index (κ1) is 9.18. The zero-order valence-corrected chi connectivity index (χ0v) is 7.31. The Balaban J connectivity index is 2.49. The fourth-order valence-electron chi connectivity index (χ4n) is 1.76. The third-order valence-electron chi connectivity index (χ3n) is 2.44. The van der Waals surface area contributed by atoms with E-state index in [4.69, 9.17) is 5.11 Å². The number of halogens is 2. The molecule has 0 bridgehead atoms. The Morgan fingerprint density at radius 3 is 2.86 bits per heavy atom. The Labute approximate surface area is 78.7 Å². The minimum atomic E-state index is -2.88. The highest BCUT2D eigenvalue weighted by atomic mass is 19.3. The molecule has 2 N–H and O–H groups in total. The number of H-pyrrole nitrogens is 1. The first-order valence-corrected chi connectivity index (χ1v) is 4.34. The van der Waals surface area contributed by atoms with Crippen LogP contribution in [0.15, 0.2) is 6.07 Å². The molecule has 5 heteroatoms. The van der Waals surface area contributed by atoms with E-state index in [1.54, 1.807) is 0 Å². The summed E-state index contributed by atoms with van der Waals surface area (Å²) in [5, 5.41) is 8.63. The van der Waals surface area contributed by atoms with Crippen LogP contribution in [0.1, 0.15) is 34.6 Å². The molecule has 76 valence electrons. The average Bonchev–Trinajstić information content (AvgIpc) is 2.48. The van der Waals surface area contributed by atoms with Crippen LogP contribution in [-0.2, 0) is 12.3 Å². The predicted octanol–water partition coefficient (Wildman–Crippen LogP) is 2.14. The SMILES string of the molecule is O=C(O)c1cc2c([nH]1)CCCC2(F)F. The molecule has 0 unspecified atom stereocenters. The maximum Gasteiger partial charge on any atom is 0.352 e. The zero-order valence-electron chi connectivity index (χ0n) is 7.31. The van der Waals surface area contributed by atoms with E-state index in [0.29, 0.717) is 18.5 Å². The summed E-state index contributed by atoms with van der Waals surface area (Å²) in [5.74, 6) is -4.08. The van der Waals surface area contributed by atoms with Crippen molar-refractivity contribution in [3.8, 4) is 0 Å². The Kier molecular flexibility index (Phi) is 1.83. The first-order chi connectivity index (χ1) is 6.50. The highest BCUT2D eigenvalue weighted by molar-refractivity contribution is 5.86. The lowest BCUT2D eigenvalue weighted by Crippen LogP contribution is -2.19. The fourth-order valence-corrected chi connectivity index (χ4v) is 1.76. The lowest BCUT2D eigenvalue weighted by Gasteiger charge is -2.21. The molecule has 0 amide bonds. The maximum absolute atomic E-state index is 13.3. The smallest absolute Gasteiger partial charge is 0.352 e. The number of rotatable bonds is 1. The van der Waals surface area contributed by atoms with Crippen molar-refractivity contribution in [3.63, 3.8) is 0 Å². The molecule has 0 fully saturated rings. The van der Waals surface area contributed by atoms with Crippen LogP contribution >= 0.6 is 0 Å². The van der Waals surface area contributed by atoms with Gasteiger partial charge in [0.05, 0.1) is 0 Å². The number of aromatic amines is 1. The Hall–Kier alpha value is -1.39. The van der Waals surface area contributed by atoms with Gasteiger partial charge in [0.2, 0.25) is 0 Å². The second-order valence-corrected chi connectivity index (χ2v) is 3.44. The summed E-state index contributed by atoms with van der Waals surface area (Å²) in [6, 6.07) is 1.04. The minimum absolute atomic E-state index is 0.152. The van der Waals surface area contributed by atoms with Crippen LogP contribution in [0.25, 0.3) is 0 Å². The van der Waals surface area contributed by atoms with Gasteiger partial charge in [-0.3, -0.25) is 0 Å². The van der Waals surface area contributed by atoms with E-state index in [1.807, 2.05) is 0 Å². The average molecular weight is 201 g/mol. The van der Waals surface area contributed by atoms with Crippen LogP contribution in [0.4, 0.5) is 8.78 Å². The lowest BCUT2D eigenvalue weighted by molar-refractivity contribution is -0.0216. The van der Waals surface area contributed by atoms with Crippen molar-refractivity contribution < 1.29 is 18.7 Å². The molecule has 1 heterocycles. The predicted molar refractivity (Wildman–Crippen MR) is 44.6 cm³/mol. The summed E-state index contributed by atoms with van der Waals surface area (Å²) in [4.78, 5) is 13.1. The topological polar surface area (TPSA) is 53.1 Å². The van der Waals surface area contributed by atoms with Gasteiger partial charge in [0, 0.05) is 17.7 Å². The molecule has 1 aliphatic rings. The minimum Gasteiger partial charge on any atom is -0.477 e. The molecule has 0 radical (unpaired) electrons. The quantitative estimate of drug-likeness (QED) is 0.731. The largest absolute Gasteiger partial charge is 0.477 e. The third-order valence-corrected chi connectivity index (χ3v) is 2.44. The molecule has 2 rings (SSSR count). The van der Waals surface area contributed by atoms with Crippen molar-refractivity contribution in [2.75, 3.05) is 0 Å². The van der Waals surface area contributed by atoms with Gasteiger partial charge in [0.25, 0.3) is 5.92 Å². The molecular weight excluding hydrogens is 192 g/mol. The van der Waals surface area contributed by atoms with Crippen LogP contribution in [-0.4, -0.2) is 16.1 Å². The summed E-state index contributed by atoms with van der Waals surface area (Å²) in [6.07, 6.45) is 0.689. The number of alkyl halides is 2. The van der Waals surface area contributed by atoms with E-state index >= 15 is 0 Å². The van der Waals surface area contributed by atoms with Gasteiger partial charge in [-0.1, -0.05) is 0 Å². The van der Waals surface area contributed by atoms with E-state index < -0.39 is 11.9 Å². The zero-order chi connectivity index (χ0) is 10.3. The fraction of sp³-hybridized carbons (Fsp3) is 0.444. The molecular formula is C9H9F2NO2. The Morgan fingerprint density at radius 2 is 2.29 bits per heavy atom. The Morgan fingerprint density at radius 1 is 1.57 bits per heavy atom. The number of aromatic carboxylic acids is 1. The number of nitrogens with one attached hydrogen (secondary N) is 1. The number of hydrogen-bond acceptors (Lipinski definition) is 1. The molecule has 0 aliphatic heterocycles. The second kappa shape index (κ2) is 2.80. The molecule has 0 saturated heterocycles. The van der Waals surface area contributed by atoms with E-state index in [2.05, 4.69) is 4.98 Å². The maximum atomic E-state index is 13.3. The number of aryl methyl sites for hydroxylation is 1. The number of aromatic nitrogens is 1. The van der Waals surface area contributed by atoms with Crippen molar-refractivity contribution in [2.45, 2.75) is 25.2 Å². The highest BCUT2D eigenvalue weighted by Gasteiger charge is 2.38.